The van der Waals surface area contributed by atoms with Crippen molar-refractivity contribution in [3.63, 3.8) is 0 Å². The molecule has 0 aliphatic carbocycles. The van der Waals surface area contributed by atoms with Crippen molar-refractivity contribution in [2.24, 2.45) is 11.6 Å². The summed E-state index contributed by atoms with van der Waals surface area (Å²) < 4.78 is 5.15. The van der Waals surface area contributed by atoms with Gasteiger partial charge in [0, 0.05) is 18.1 Å². The van der Waals surface area contributed by atoms with E-state index in [1.165, 1.54) is 30.7 Å². The fourth-order valence-corrected chi connectivity index (χ4v) is 2.03. The number of hydrogen-bond donors (Lipinski definition) is 4. The molecule has 2 aromatic rings. The number of aromatic amines is 1. The number of carboxylic acids is 1. The first-order valence-corrected chi connectivity index (χ1v) is 6.16. The van der Waals surface area contributed by atoms with Gasteiger partial charge in [0.1, 0.15) is 5.75 Å². The lowest BCUT2D eigenvalue weighted by molar-refractivity contribution is -0.131. The van der Waals surface area contributed by atoms with Crippen LogP contribution in [0.15, 0.2) is 24.3 Å². The molecule has 0 amide bonds. The maximum absolute atomic E-state index is 11.8. The summed E-state index contributed by atoms with van der Waals surface area (Å²) >= 11 is 0. The van der Waals surface area contributed by atoms with Gasteiger partial charge in [0.15, 0.2) is 5.82 Å². The van der Waals surface area contributed by atoms with E-state index < -0.39 is 11.8 Å². The number of nitrogens with zero attached hydrogens (tertiary/aromatic N) is 2. The molecule has 0 aliphatic rings. The number of hydrazine groups is 1. The number of anilines is 1. The van der Waals surface area contributed by atoms with Crippen LogP contribution in [0.1, 0.15) is 17.3 Å². The predicted molar refractivity (Wildman–Crippen MR) is 79.2 cm³/mol. The van der Waals surface area contributed by atoms with Crippen LogP contribution in [0, 0.1) is 0 Å². The zero-order chi connectivity index (χ0) is 16.4. The Bertz CT molecular complexity index is 776. The number of hydrogen-bond acceptors (Lipinski definition) is 7. The highest BCUT2D eigenvalue weighted by atomic mass is 16.5. The van der Waals surface area contributed by atoms with E-state index in [0.29, 0.717) is 16.6 Å². The second-order valence-corrected chi connectivity index (χ2v) is 4.52. The van der Waals surface area contributed by atoms with Crippen LogP contribution in [0.5, 0.6) is 5.75 Å². The Hall–Kier alpha value is -3.07. The van der Waals surface area contributed by atoms with Gasteiger partial charge < -0.3 is 20.6 Å². The molecule has 9 heteroatoms. The van der Waals surface area contributed by atoms with Crippen LogP contribution in [0.4, 0.5) is 5.82 Å². The molecule has 6 N–H and O–H groups in total. The van der Waals surface area contributed by atoms with Gasteiger partial charge in [-0.15, -0.1) is 0 Å². The minimum Gasteiger partial charge on any atom is -0.494 e. The van der Waals surface area contributed by atoms with Crippen molar-refractivity contribution in [1.82, 2.24) is 9.97 Å². The lowest BCUT2D eigenvalue weighted by Gasteiger charge is -2.15. The lowest BCUT2D eigenvalue weighted by atomic mass is 10.1. The van der Waals surface area contributed by atoms with Gasteiger partial charge in [-0.05, 0) is 6.92 Å². The van der Waals surface area contributed by atoms with Gasteiger partial charge in [-0.2, -0.15) is 0 Å². The molecule has 0 saturated carbocycles. The zero-order valence-electron chi connectivity index (χ0n) is 12.0. The molecule has 0 bridgehead atoms. The monoisotopic (exact) mass is 305 g/mol. The topological polar surface area (TPSA) is 148 Å². The van der Waals surface area contributed by atoms with Crippen LogP contribution >= 0.6 is 0 Å². The van der Waals surface area contributed by atoms with E-state index in [0.717, 1.165) is 0 Å². The van der Waals surface area contributed by atoms with Gasteiger partial charge in [0.05, 0.1) is 29.8 Å². The number of fused-ring (bicyclic) bond motifs is 1. The van der Waals surface area contributed by atoms with Gasteiger partial charge in [0.25, 0.3) is 5.78 Å². The van der Waals surface area contributed by atoms with E-state index in [4.69, 9.17) is 21.4 Å². The summed E-state index contributed by atoms with van der Waals surface area (Å²) in [4.78, 5) is 29.6. The summed E-state index contributed by atoms with van der Waals surface area (Å²) in [7, 11) is 1.39. The van der Waals surface area contributed by atoms with Crippen LogP contribution in [0.25, 0.3) is 10.9 Å². The lowest BCUT2D eigenvalue weighted by Crippen LogP contribution is -2.27. The fourth-order valence-electron chi connectivity index (χ4n) is 2.03. The predicted octanol–water partition coefficient (Wildman–Crippen LogP) is 0.339. The molecule has 0 spiro atoms. The molecule has 0 atom stereocenters. The van der Waals surface area contributed by atoms with Gasteiger partial charge in [-0.1, -0.05) is 0 Å². The smallest absolute Gasteiger partial charge is 0.377 e. The molecule has 22 heavy (non-hydrogen) atoms. The summed E-state index contributed by atoms with van der Waals surface area (Å²) in [5.41, 5.74) is 6.34. The van der Waals surface area contributed by atoms with Crippen molar-refractivity contribution in [1.29, 1.82) is 0 Å². The number of H-pyrrole nitrogens is 1. The Kier molecular flexibility index (Phi) is 4.00. The first-order valence-electron chi connectivity index (χ1n) is 6.16. The normalized spacial score (nSPS) is 11.5. The second-order valence-electron chi connectivity index (χ2n) is 4.52. The van der Waals surface area contributed by atoms with Gasteiger partial charge in [-0.3, -0.25) is 9.80 Å². The summed E-state index contributed by atoms with van der Waals surface area (Å²) in [6, 6.07) is 0. The number of methoxy groups -OCH3 is 1. The average Bonchev–Trinajstić information content (AvgIpc) is 2.89. The second kappa shape index (κ2) is 5.74. The van der Waals surface area contributed by atoms with Crippen LogP contribution in [-0.2, 0) is 4.79 Å². The van der Waals surface area contributed by atoms with Crippen molar-refractivity contribution in [2.75, 3.05) is 12.1 Å². The maximum atomic E-state index is 11.8. The highest BCUT2D eigenvalue weighted by Gasteiger charge is 2.24. The van der Waals surface area contributed by atoms with Crippen molar-refractivity contribution in [2.45, 2.75) is 6.92 Å². The van der Waals surface area contributed by atoms with E-state index in [1.807, 2.05) is 0 Å². The van der Waals surface area contributed by atoms with E-state index >= 15 is 0 Å². The molecule has 0 fully saturated rings. The molecular formula is C13H15N5O4. The number of Topliss-reactive ketones (excluding diaryl/α,β-unsaturated/α-hetero) is 1. The molecule has 0 aliphatic heterocycles. The van der Waals surface area contributed by atoms with Crippen LogP contribution < -0.4 is 21.3 Å². The number of aliphatic carboxylic acids is 1. The quantitative estimate of drug-likeness (QED) is 0.267. The molecule has 0 aromatic carbocycles. The standard InChI is InChI=1S/C13H15N5O4/c1-6(14)5-18(15)12-10-9(8(22-2)4-17-12)7(3-16-10)11(19)13(20)21/h3-5,16H,14-15H2,1-2H3,(H,20,21)/b6-5-. The molecule has 116 valence electrons. The minimum atomic E-state index is -1.57. The number of allylic oxidation sites excluding steroid dienone is 1. The number of carboxylic acid groups (broad SMARTS) is 1. The largest absolute Gasteiger partial charge is 0.494 e. The highest BCUT2D eigenvalue weighted by Crippen LogP contribution is 2.33. The number of rotatable bonds is 5. The van der Waals surface area contributed by atoms with E-state index in [2.05, 4.69) is 9.97 Å². The van der Waals surface area contributed by atoms with Gasteiger partial charge >= 0.3 is 5.97 Å². The third-order valence-corrected chi connectivity index (χ3v) is 2.90. The highest BCUT2D eigenvalue weighted by molar-refractivity contribution is 6.42. The number of pyridine rings is 1. The number of nitrogens with two attached hydrogens (primary N) is 2. The first-order chi connectivity index (χ1) is 10.4. The zero-order valence-corrected chi connectivity index (χ0v) is 12.0. The van der Waals surface area contributed by atoms with Crippen molar-refractivity contribution < 1.29 is 19.4 Å². The van der Waals surface area contributed by atoms with Crippen molar-refractivity contribution in [3.05, 3.63) is 29.9 Å². The summed E-state index contributed by atoms with van der Waals surface area (Å²) in [6.45, 7) is 1.65. The molecule has 2 rings (SSSR count). The van der Waals surface area contributed by atoms with Gasteiger partial charge in [-0.25, -0.2) is 15.6 Å². The Labute approximate surface area is 125 Å². The number of ketones is 1. The summed E-state index contributed by atoms with van der Waals surface area (Å²) in [5, 5.41) is 10.4. The summed E-state index contributed by atoms with van der Waals surface area (Å²) in [5.74, 6) is 3.75. The van der Waals surface area contributed by atoms with Crippen molar-refractivity contribution in [3.8, 4) is 5.75 Å². The Morgan fingerprint density at radius 3 is 2.73 bits per heavy atom. The molecule has 0 radical (unpaired) electrons. The number of aromatic nitrogens is 2. The number of ether oxygens (including phenoxy) is 1. The van der Waals surface area contributed by atoms with E-state index in [-0.39, 0.29) is 17.1 Å². The van der Waals surface area contributed by atoms with E-state index in [9.17, 15) is 9.59 Å². The third kappa shape index (κ3) is 2.56. The molecule has 0 unspecified atom stereocenters. The summed E-state index contributed by atoms with van der Waals surface area (Å²) in [6.07, 6.45) is 4.07. The Balaban J connectivity index is 2.72. The number of carbonyl (C=O) groups excluding carboxylic acids is 1. The Morgan fingerprint density at radius 1 is 1.50 bits per heavy atom. The molecule has 2 heterocycles. The Morgan fingerprint density at radius 2 is 2.18 bits per heavy atom. The van der Waals surface area contributed by atoms with Gasteiger partial charge in [0.2, 0.25) is 0 Å². The SMILES string of the molecule is COc1cnc(N(N)/C=C(/C)N)c2[nH]cc(C(=O)C(=O)O)c12. The van der Waals surface area contributed by atoms with Crippen molar-refractivity contribution >= 4 is 28.5 Å². The number of carbonyl (C=O) groups is 2. The molecule has 0 saturated heterocycles. The van der Waals surface area contributed by atoms with Crippen LogP contribution in [0.2, 0.25) is 0 Å². The average molecular weight is 305 g/mol. The first kappa shape index (κ1) is 15.3. The van der Waals surface area contributed by atoms with E-state index in [1.54, 1.807) is 6.92 Å². The van der Waals surface area contributed by atoms with Crippen LogP contribution in [0.3, 0.4) is 0 Å². The molecule has 9 nitrogen and oxygen atoms in total. The third-order valence-electron chi connectivity index (χ3n) is 2.90. The maximum Gasteiger partial charge on any atom is 0.377 e. The van der Waals surface area contributed by atoms with Crippen LogP contribution in [-0.4, -0.2) is 33.9 Å². The molecular weight excluding hydrogens is 290 g/mol. The molecule has 2 aromatic heterocycles. The number of nitrogens with one attached hydrogen (secondary N) is 1. The minimum absolute atomic E-state index is 0.0372. The fraction of sp³-hybridized carbons (Fsp3) is 0.154.